The van der Waals surface area contributed by atoms with Crippen LogP contribution in [0, 0.1) is 0 Å². The third-order valence-corrected chi connectivity index (χ3v) is 5.03. The number of aromatic nitrogens is 2. The van der Waals surface area contributed by atoms with Gasteiger partial charge in [0.2, 0.25) is 0 Å². The standard InChI is InChI=1S/C17H17N3O3S/c21-12-3-1-2-11(8-12)14-9-20(5-6-23-14)10-15-18-13-4-7-24-16(13)17(22)19-15/h1-4,7-8,14,21H,5-6,9-10H2,(H,18,19,22)/t14-/m0/s1. The van der Waals surface area contributed by atoms with Crippen LogP contribution in [-0.2, 0) is 11.3 Å². The lowest BCUT2D eigenvalue weighted by molar-refractivity contribution is -0.0337. The van der Waals surface area contributed by atoms with Crippen LogP contribution in [0.1, 0.15) is 17.5 Å². The first-order valence-corrected chi connectivity index (χ1v) is 8.66. The molecule has 2 aromatic heterocycles. The maximum absolute atomic E-state index is 12.1. The Hall–Kier alpha value is -2.22. The molecule has 0 amide bonds. The van der Waals surface area contributed by atoms with Gasteiger partial charge in [0.15, 0.2) is 0 Å². The molecule has 0 radical (unpaired) electrons. The molecule has 4 rings (SSSR count). The highest BCUT2D eigenvalue weighted by molar-refractivity contribution is 7.17. The number of aromatic amines is 1. The Kier molecular flexibility index (Phi) is 4.05. The minimum atomic E-state index is -0.0950. The van der Waals surface area contributed by atoms with Crippen molar-refractivity contribution in [3.8, 4) is 5.75 Å². The first-order valence-electron chi connectivity index (χ1n) is 7.78. The summed E-state index contributed by atoms with van der Waals surface area (Å²) in [6.07, 6.45) is -0.0950. The third kappa shape index (κ3) is 3.06. The molecule has 7 heteroatoms. The summed E-state index contributed by atoms with van der Waals surface area (Å²) in [5, 5.41) is 11.5. The van der Waals surface area contributed by atoms with Gasteiger partial charge < -0.3 is 14.8 Å². The normalized spacial score (nSPS) is 18.9. The van der Waals surface area contributed by atoms with Crippen LogP contribution in [0.25, 0.3) is 10.2 Å². The number of thiophene rings is 1. The molecule has 3 aromatic rings. The highest BCUT2D eigenvalue weighted by Crippen LogP contribution is 2.25. The highest BCUT2D eigenvalue weighted by atomic mass is 32.1. The average Bonchev–Trinajstić information content (AvgIpc) is 3.04. The lowest BCUT2D eigenvalue weighted by Crippen LogP contribution is -2.38. The Labute approximate surface area is 142 Å². The molecule has 2 N–H and O–H groups in total. The van der Waals surface area contributed by atoms with E-state index in [0.29, 0.717) is 30.2 Å². The molecule has 1 saturated heterocycles. The van der Waals surface area contributed by atoms with E-state index in [9.17, 15) is 9.90 Å². The zero-order valence-electron chi connectivity index (χ0n) is 12.9. The Morgan fingerprint density at radius 3 is 3.21 bits per heavy atom. The summed E-state index contributed by atoms with van der Waals surface area (Å²) in [6, 6.07) is 9.01. The van der Waals surface area contributed by atoms with Crippen LogP contribution in [0.15, 0.2) is 40.5 Å². The number of H-pyrrole nitrogens is 1. The smallest absolute Gasteiger partial charge is 0.268 e. The van der Waals surface area contributed by atoms with Crippen molar-refractivity contribution in [1.29, 1.82) is 0 Å². The third-order valence-electron chi connectivity index (χ3n) is 4.13. The predicted molar refractivity (Wildman–Crippen MR) is 92.3 cm³/mol. The number of nitrogens with zero attached hydrogens (tertiary/aromatic N) is 2. The summed E-state index contributed by atoms with van der Waals surface area (Å²) in [6.45, 7) is 2.64. The molecule has 0 unspecified atom stereocenters. The number of ether oxygens (including phenoxy) is 1. The van der Waals surface area contributed by atoms with E-state index in [1.165, 1.54) is 11.3 Å². The molecule has 1 aliphatic heterocycles. The number of aromatic hydroxyl groups is 1. The van der Waals surface area contributed by atoms with Gasteiger partial charge in [-0.3, -0.25) is 9.69 Å². The molecule has 1 aliphatic rings. The van der Waals surface area contributed by atoms with E-state index in [0.717, 1.165) is 17.6 Å². The number of nitrogens with one attached hydrogen (secondary N) is 1. The van der Waals surface area contributed by atoms with Crippen LogP contribution < -0.4 is 5.56 Å². The summed E-state index contributed by atoms with van der Waals surface area (Å²) in [5.74, 6) is 0.907. The maximum Gasteiger partial charge on any atom is 0.268 e. The molecule has 1 atom stereocenters. The summed E-state index contributed by atoms with van der Waals surface area (Å²) in [5.41, 5.74) is 1.62. The van der Waals surface area contributed by atoms with Crippen molar-refractivity contribution in [3.63, 3.8) is 0 Å². The zero-order valence-corrected chi connectivity index (χ0v) is 13.8. The van der Waals surface area contributed by atoms with Gasteiger partial charge in [0.25, 0.3) is 5.56 Å². The lowest BCUT2D eigenvalue weighted by atomic mass is 10.1. The number of hydrogen-bond donors (Lipinski definition) is 2. The van der Waals surface area contributed by atoms with Crippen LogP contribution >= 0.6 is 11.3 Å². The van der Waals surface area contributed by atoms with Gasteiger partial charge in [-0.15, -0.1) is 11.3 Å². The fourth-order valence-electron chi connectivity index (χ4n) is 2.98. The van der Waals surface area contributed by atoms with Crippen molar-refractivity contribution in [3.05, 3.63) is 57.5 Å². The van der Waals surface area contributed by atoms with Crippen LogP contribution in [0.5, 0.6) is 5.75 Å². The molecule has 1 fully saturated rings. The second kappa shape index (κ2) is 6.35. The van der Waals surface area contributed by atoms with Crippen LogP contribution in [0.4, 0.5) is 0 Å². The predicted octanol–water partition coefficient (Wildman–Crippen LogP) is 2.26. The van der Waals surface area contributed by atoms with E-state index in [1.807, 2.05) is 23.6 Å². The number of morpholine rings is 1. The largest absolute Gasteiger partial charge is 0.508 e. The second-order valence-electron chi connectivity index (χ2n) is 5.84. The van der Waals surface area contributed by atoms with E-state index in [-0.39, 0.29) is 17.4 Å². The Morgan fingerprint density at radius 2 is 2.33 bits per heavy atom. The molecule has 0 bridgehead atoms. The van der Waals surface area contributed by atoms with Gasteiger partial charge >= 0.3 is 0 Å². The van der Waals surface area contributed by atoms with Crippen molar-refractivity contribution in [2.24, 2.45) is 0 Å². The van der Waals surface area contributed by atoms with Crippen molar-refractivity contribution in [2.45, 2.75) is 12.6 Å². The quantitative estimate of drug-likeness (QED) is 0.763. The highest BCUT2D eigenvalue weighted by Gasteiger charge is 2.23. The van der Waals surface area contributed by atoms with E-state index < -0.39 is 0 Å². The van der Waals surface area contributed by atoms with Crippen LogP contribution in [0.2, 0.25) is 0 Å². The van der Waals surface area contributed by atoms with Gasteiger partial charge in [-0.05, 0) is 29.1 Å². The number of benzene rings is 1. The summed E-state index contributed by atoms with van der Waals surface area (Å²) < 4.78 is 6.49. The summed E-state index contributed by atoms with van der Waals surface area (Å²) >= 11 is 1.40. The van der Waals surface area contributed by atoms with Crippen molar-refractivity contribution in [2.75, 3.05) is 19.7 Å². The molecule has 0 aliphatic carbocycles. The summed E-state index contributed by atoms with van der Waals surface area (Å²) in [7, 11) is 0. The monoisotopic (exact) mass is 343 g/mol. The van der Waals surface area contributed by atoms with Crippen LogP contribution in [-0.4, -0.2) is 39.7 Å². The van der Waals surface area contributed by atoms with E-state index in [1.54, 1.807) is 12.1 Å². The molecule has 1 aromatic carbocycles. The second-order valence-corrected chi connectivity index (χ2v) is 6.75. The molecule has 0 saturated carbocycles. The molecule has 124 valence electrons. The number of phenolic OH excluding ortho intramolecular Hbond substituents is 1. The Morgan fingerprint density at radius 1 is 1.42 bits per heavy atom. The fraction of sp³-hybridized carbons (Fsp3) is 0.294. The van der Waals surface area contributed by atoms with Crippen molar-refractivity contribution < 1.29 is 9.84 Å². The Bertz CT molecular complexity index is 921. The van der Waals surface area contributed by atoms with E-state index in [2.05, 4.69) is 14.9 Å². The number of phenols is 1. The molecular formula is C17H17N3O3S. The van der Waals surface area contributed by atoms with E-state index in [4.69, 9.17) is 4.74 Å². The van der Waals surface area contributed by atoms with Crippen molar-refractivity contribution >= 4 is 21.6 Å². The van der Waals surface area contributed by atoms with Gasteiger partial charge in [0.1, 0.15) is 16.3 Å². The fourth-order valence-corrected chi connectivity index (χ4v) is 3.71. The van der Waals surface area contributed by atoms with Gasteiger partial charge in [0, 0.05) is 13.1 Å². The van der Waals surface area contributed by atoms with Gasteiger partial charge in [-0.25, -0.2) is 4.98 Å². The van der Waals surface area contributed by atoms with Gasteiger partial charge in [0.05, 0.1) is 24.8 Å². The molecular weight excluding hydrogens is 326 g/mol. The number of fused-ring (bicyclic) bond motifs is 1. The number of rotatable bonds is 3. The first-order chi connectivity index (χ1) is 11.7. The van der Waals surface area contributed by atoms with E-state index >= 15 is 0 Å². The van der Waals surface area contributed by atoms with Crippen LogP contribution in [0.3, 0.4) is 0 Å². The maximum atomic E-state index is 12.1. The average molecular weight is 343 g/mol. The topological polar surface area (TPSA) is 78.5 Å². The lowest BCUT2D eigenvalue weighted by Gasteiger charge is -2.32. The minimum Gasteiger partial charge on any atom is -0.508 e. The zero-order chi connectivity index (χ0) is 16.5. The molecule has 6 nitrogen and oxygen atoms in total. The van der Waals surface area contributed by atoms with Gasteiger partial charge in [-0.1, -0.05) is 12.1 Å². The first kappa shape index (κ1) is 15.3. The summed E-state index contributed by atoms with van der Waals surface area (Å²) in [4.78, 5) is 21.7. The molecule has 24 heavy (non-hydrogen) atoms. The molecule has 0 spiro atoms. The SMILES string of the molecule is O=c1[nH]c(CN2CCO[C@H](c3cccc(O)c3)C2)nc2ccsc12. The molecule has 3 heterocycles. The van der Waals surface area contributed by atoms with Gasteiger partial charge in [-0.2, -0.15) is 0 Å². The van der Waals surface area contributed by atoms with Crippen molar-refractivity contribution in [1.82, 2.24) is 14.9 Å². The number of hydrogen-bond acceptors (Lipinski definition) is 6. The Balaban J connectivity index is 1.52. The minimum absolute atomic E-state index is 0.0807.